The summed E-state index contributed by atoms with van der Waals surface area (Å²) in [5.41, 5.74) is 9.43. The molecule has 2 aromatic heterocycles. The minimum Gasteiger partial charge on any atom is -0.367 e. The van der Waals surface area contributed by atoms with Crippen molar-refractivity contribution >= 4 is 15.9 Å². The van der Waals surface area contributed by atoms with Crippen LogP contribution in [0, 0.1) is 0 Å². The number of nitrogens with zero attached hydrogens (tertiary/aromatic N) is 2. The molecule has 0 aliphatic carbocycles. The lowest BCUT2D eigenvalue weighted by atomic mass is 10.0. The van der Waals surface area contributed by atoms with Crippen LogP contribution in [0.15, 0.2) is 23.2 Å². The molecule has 0 radical (unpaired) electrons. The summed E-state index contributed by atoms with van der Waals surface area (Å²) in [6, 6.07) is 2.30. The molecule has 16 heavy (non-hydrogen) atoms. The Morgan fingerprint density at radius 3 is 3.19 bits per heavy atom. The van der Waals surface area contributed by atoms with Crippen molar-refractivity contribution in [3.05, 3.63) is 28.9 Å². The van der Waals surface area contributed by atoms with E-state index in [1.54, 1.807) is 0 Å². The zero-order chi connectivity index (χ0) is 11.1. The molecule has 1 unspecified atom stereocenters. The predicted molar refractivity (Wildman–Crippen MR) is 66.0 cm³/mol. The van der Waals surface area contributed by atoms with Gasteiger partial charge in [0, 0.05) is 42.7 Å². The summed E-state index contributed by atoms with van der Waals surface area (Å²) < 4.78 is 3.12. The number of imidazole rings is 1. The highest BCUT2D eigenvalue weighted by molar-refractivity contribution is 9.10. The normalized spacial score (nSPS) is 19.8. The van der Waals surface area contributed by atoms with Crippen LogP contribution in [0.4, 0.5) is 0 Å². The van der Waals surface area contributed by atoms with Crippen LogP contribution in [-0.2, 0) is 13.0 Å². The minimum atomic E-state index is 0.258. The molecule has 5 heteroatoms. The molecule has 0 saturated heterocycles. The Kier molecular flexibility index (Phi) is 2.37. The Balaban J connectivity index is 2.13. The third-order valence-corrected chi connectivity index (χ3v) is 3.68. The average molecular weight is 281 g/mol. The summed E-state index contributed by atoms with van der Waals surface area (Å²) in [6.07, 6.45) is 5.81. The molecule has 1 aliphatic rings. The van der Waals surface area contributed by atoms with E-state index in [4.69, 9.17) is 5.73 Å². The van der Waals surface area contributed by atoms with E-state index in [1.165, 1.54) is 5.69 Å². The molecule has 1 aliphatic heterocycles. The molecule has 1 atom stereocenters. The summed E-state index contributed by atoms with van der Waals surface area (Å²) in [7, 11) is 0. The molecule has 0 saturated carbocycles. The number of halogens is 1. The number of rotatable bonds is 1. The second-order valence-corrected chi connectivity index (χ2v) is 4.89. The monoisotopic (exact) mass is 280 g/mol. The average Bonchev–Trinajstić information content (AvgIpc) is 2.86. The molecular weight excluding hydrogens is 268 g/mol. The fourth-order valence-electron chi connectivity index (χ4n) is 2.24. The number of aromatic nitrogens is 3. The van der Waals surface area contributed by atoms with Crippen LogP contribution in [0.25, 0.3) is 11.3 Å². The van der Waals surface area contributed by atoms with Gasteiger partial charge in [-0.3, -0.25) is 0 Å². The number of nitrogens with one attached hydrogen (secondary N) is 1. The van der Waals surface area contributed by atoms with Gasteiger partial charge in [-0.2, -0.15) is 0 Å². The zero-order valence-corrected chi connectivity index (χ0v) is 10.4. The number of aromatic amines is 1. The number of nitrogens with two attached hydrogens (primary N) is 1. The molecule has 0 bridgehead atoms. The van der Waals surface area contributed by atoms with Gasteiger partial charge >= 0.3 is 0 Å². The summed E-state index contributed by atoms with van der Waals surface area (Å²) >= 11 is 3.51. The second-order valence-electron chi connectivity index (χ2n) is 4.18. The molecule has 3 heterocycles. The Morgan fingerprint density at radius 2 is 2.44 bits per heavy atom. The first-order valence-electron chi connectivity index (χ1n) is 5.39. The Bertz CT molecular complexity index is 500. The van der Waals surface area contributed by atoms with Crippen molar-refractivity contribution in [1.82, 2.24) is 14.5 Å². The van der Waals surface area contributed by atoms with Gasteiger partial charge in [-0.25, -0.2) is 4.98 Å². The maximum atomic E-state index is 6.02. The van der Waals surface area contributed by atoms with Gasteiger partial charge in [-0.1, -0.05) is 0 Å². The summed E-state index contributed by atoms with van der Waals surface area (Å²) in [6.45, 7) is 0.953. The third-order valence-electron chi connectivity index (χ3n) is 3.08. The first-order valence-corrected chi connectivity index (χ1v) is 6.18. The van der Waals surface area contributed by atoms with E-state index in [9.17, 15) is 0 Å². The number of H-pyrrole nitrogens is 1. The van der Waals surface area contributed by atoms with E-state index in [0.29, 0.717) is 0 Å². The molecule has 3 rings (SSSR count). The van der Waals surface area contributed by atoms with Crippen LogP contribution in [0.3, 0.4) is 0 Å². The van der Waals surface area contributed by atoms with E-state index in [2.05, 4.69) is 30.5 Å². The lowest BCUT2D eigenvalue weighted by Gasteiger charge is -2.21. The molecule has 0 fully saturated rings. The maximum Gasteiger partial charge on any atom is 0.177 e. The Hall–Kier alpha value is -1.07. The zero-order valence-electron chi connectivity index (χ0n) is 8.78. The predicted octanol–water partition coefficient (Wildman–Crippen LogP) is 1.91. The molecule has 84 valence electrons. The van der Waals surface area contributed by atoms with Gasteiger partial charge in [-0.15, -0.1) is 0 Å². The van der Waals surface area contributed by atoms with E-state index in [-0.39, 0.29) is 6.04 Å². The smallest absolute Gasteiger partial charge is 0.177 e. The van der Waals surface area contributed by atoms with Gasteiger partial charge in [-0.05, 0) is 28.4 Å². The van der Waals surface area contributed by atoms with Crippen molar-refractivity contribution in [2.24, 2.45) is 5.73 Å². The molecule has 0 aromatic carbocycles. The van der Waals surface area contributed by atoms with E-state index in [0.717, 1.165) is 35.4 Å². The van der Waals surface area contributed by atoms with Gasteiger partial charge < -0.3 is 15.3 Å². The molecule has 4 nitrogen and oxygen atoms in total. The fraction of sp³-hybridized carbons (Fsp3) is 0.364. The number of hydrogen-bond acceptors (Lipinski definition) is 2. The van der Waals surface area contributed by atoms with Crippen LogP contribution < -0.4 is 5.73 Å². The largest absolute Gasteiger partial charge is 0.367 e. The van der Waals surface area contributed by atoms with Crippen LogP contribution in [0.5, 0.6) is 0 Å². The number of fused-ring (bicyclic) bond motifs is 1. The lowest BCUT2D eigenvalue weighted by Crippen LogP contribution is -2.30. The Morgan fingerprint density at radius 1 is 1.56 bits per heavy atom. The highest BCUT2D eigenvalue weighted by atomic mass is 79.9. The van der Waals surface area contributed by atoms with E-state index < -0.39 is 0 Å². The summed E-state index contributed by atoms with van der Waals surface area (Å²) in [5.74, 6) is 0. The van der Waals surface area contributed by atoms with Crippen LogP contribution in [0.2, 0.25) is 0 Å². The minimum absolute atomic E-state index is 0.258. The van der Waals surface area contributed by atoms with Gasteiger partial charge in [0.15, 0.2) is 4.73 Å². The topological polar surface area (TPSA) is 59.6 Å². The quantitative estimate of drug-likeness (QED) is 0.839. The Labute approximate surface area is 102 Å². The molecule has 0 spiro atoms. The van der Waals surface area contributed by atoms with Crippen molar-refractivity contribution in [3.8, 4) is 11.3 Å². The summed E-state index contributed by atoms with van der Waals surface area (Å²) in [4.78, 5) is 7.63. The molecular formula is C11H13BrN4. The van der Waals surface area contributed by atoms with Crippen molar-refractivity contribution in [2.75, 3.05) is 0 Å². The third kappa shape index (κ3) is 1.51. The van der Waals surface area contributed by atoms with Gasteiger partial charge in [0.05, 0.1) is 5.69 Å². The number of hydrogen-bond donors (Lipinski definition) is 2. The second kappa shape index (κ2) is 3.75. The van der Waals surface area contributed by atoms with Crippen molar-refractivity contribution in [3.63, 3.8) is 0 Å². The van der Waals surface area contributed by atoms with Crippen LogP contribution >= 0.6 is 15.9 Å². The lowest BCUT2D eigenvalue weighted by molar-refractivity contribution is 0.467. The highest BCUT2D eigenvalue weighted by Crippen LogP contribution is 2.30. The van der Waals surface area contributed by atoms with Gasteiger partial charge in [0.1, 0.15) is 0 Å². The van der Waals surface area contributed by atoms with Crippen molar-refractivity contribution < 1.29 is 0 Å². The molecule has 3 N–H and O–H groups in total. The maximum absolute atomic E-state index is 6.02. The van der Waals surface area contributed by atoms with Crippen molar-refractivity contribution in [1.29, 1.82) is 0 Å². The van der Waals surface area contributed by atoms with Crippen molar-refractivity contribution in [2.45, 2.75) is 25.4 Å². The first kappa shape index (κ1) is 10.1. The fourth-order valence-corrected chi connectivity index (χ4v) is 2.81. The molecule has 2 aromatic rings. The molecule has 0 amide bonds. The van der Waals surface area contributed by atoms with Gasteiger partial charge in [0.2, 0.25) is 0 Å². The highest BCUT2D eigenvalue weighted by Gasteiger charge is 2.23. The van der Waals surface area contributed by atoms with Crippen LogP contribution in [-0.4, -0.2) is 20.6 Å². The van der Waals surface area contributed by atoms with Gasteiger partial charge in [0.25, 0.3) is 0 Å². The summed E-state index contributed by atoms with van der Waals surface area (Å²) in [5, 5.41) is 0. The SMILES string of the molecule is NC1CCn2c(Br)nc(-c3cc[nH]c3)c2C1. The van der Waals surface area contributed by atoms with E-state index in [1.807, 2.05) is 18.5 Å². The van der Waals surface area contributed by atoms with E-state index >= 15 is 0 Å². The standard InChI is InChI=1S/C11H13BrN4/c12-11-15-10(7-1-3-14-6-7)9-5-8(13)2-4-16(9)11/h1,3,6,8,14H,2,4-5,13H2. The van der Waals surface area contributed by atoms with Crippen LogP contribution in [0.1, 0.15) is 12.1 Å². The first-order chi connectivity index (χ1) is 7.75.